The third-order valence-electron chi connectivity index (χ3n) is 5.36. The predicted molar refractivity (Wildman–Crippen MR) is 109 cm³/mol. The number of carbonyl (C=O) groups is 1. The van der Waals surface area contributed by atoms with Crippen molar-refractivity contribution in [1.82, 2.24) is 15.5 Å². The van der Waals surface area contributed by atoms with Gasteiger partial charge in [-0.3, -0.25) is 9.89 Å². The number of benzene rings is 2. The van der Waals surface area contributed by atoms with Crippen LogP contribution in [0.25, 0.3) is 11.3 Å². The van der Waals surface area contributed by atoms with Crippen molar-refractivity contribution >= 4 is 11.7 Å². The number of H-pyrrole nitrogens is 1. The molecule has 2 aromatic carbocycles. The minimum absolute atomic E-state index is 0.0681. The molecule has 0 radical (unpaired) electrons. The van der Waals surface area contributed by atoms with E-state index in [2.05, 4.69) is 38.6 Å². The van der Waals surface area contributed by atoms with Gasteiger partial charge in [0.1, 0.15) is 0 Å². The first-order chi connectivity index (χ1) is 14.3. The van der Waals surface area contributed by atoms with Crippen LogP contribution in [0.1, 0.15) is 23.2 Å². The average Bonchev–Trinajstić information content (AvgIpc) is 3.44. The van der Waals surface area contributed by atoms with Crippen LogP contribution in [0.4, 0.5) is 5.82 Å². The number of rotatable bonds is 4. The zero-order chi connectivity index (χ0) is 19.6. The average molecular weight is 390 g/mol. The Balaban J connectivity index is 1.25. The maximum atomic E-state index is 12.7. The highest BCUT2D eigenvalue weighted by atomic mass is 16.7. The highest BCUT2D eigenvalue weighted by molar-refractivity contribution is 5.95. The number of hydrogen-bond acceptors (Lipinski definition) is 5. The minimum Gasteiger partial charge on any atom is -0.454 e. The summed E-state index contributed by atoms with van der Waals surface area (Å²) in [6.07, 6.45) is 1.95. The lowest BCUT2D eigenvalue weighted by Gasteiger charge is -2.33. The fourth-order valence-corrected chi connectivity index (χ4v) is 3.85. The van der Waals surface area contributed by atoms with Gasteiger partial charge in [-0.25, -0.2) is 0 Å². The van der Waals surface area contributed by atoms with Crippen molar-refractivity contribution < 1.29 is 14.3 Å². The van der Waals surface area contributed by atoms with Gasteiger partial charge in [-0.05, 0) is 36.6 Å². The Morgan fingerprint density at radius 2 is 1.97 bits per heavy atom. The maximum Gasteiger partial charge on any atom is 0.251 e. The van der Waals surface area contributed by atoms with Crippen molar-refractivity contribution in [2.75, 3.05) is 24.8 Å². The molecule has 0 aliphatic carbocycles. The van der Waals surface area contributed by atoms with Gasteiger partial charge in [0.15, 0.2) is 17.3 Å². The predicted octanol–water partition coefficient (Wildman–Crippen LogP) is 3.20. The monoisotopic (exact) mass is 390 g/mol. The normalized spacial score (nSPS) is 17.9. The van der Waals surface area contributed by atoms with Crippen LogP contribution in [0, 0.1) is 0 Å². The van der Waals surface area contributed by atoms with E-state index in [1.165, 1.54) is 0 Å². The molecule has 3 heterocycles. The van der Waals surface area contributed by atoms with Crippen LogP contribution in [-0.4, -0.2) is 42.0 Å². The number of ether oxygens (including phenoxy) is 2. The van der Waals surface area contributed by atoms with E-state index in [1.54, 1.807) is 18.2 Å². The zero-order valence-electron chi connectivity index (χ0n) is 15.9. The molecule has 0 saturated carbocycles. The SMILES string of the molecule is O=C(N[C@H]1CCCN(c2cc(-c3ccccc3)[nH]n2)C1)c1ccc2c(c1)OCO2. The van der Waals surface area contributed by atoms with Crippen molar-refractivity contribution in [1.29, 1.82) is 0 Å². The molecule has 29 heavy (non-hydrogen) atoms. The summed E-state index contributed by atoms with van der Waals surface area (Å²) in [5.74, 6) is 2.11. The molecule has 3 aromatic rings. The number of nitrogens with one attached hydrogen (secondary N) is 2. The van der Waals surface area contributed by atoms with E-state index >= 15 is 0 Å². The number of anilines is 1. The molecular weight excluding hydrogens is 368 g/mol. The molecule has 1 aromatic heterocycles. The van der Waals surface area contributed by atoms with E-state index < -0.39 is 0 Å². The van der Waals surface area contributed by atoms with Crippen molar-refractivity contribution in [2.45, 2.75) is 18.9 Å². The van der Waals surface area contributed by atoms with E-state index in [0.717, 1.165) is 43.0 Å². The van der Waals surface area contributed by atoms with Crippen molar-refractivity contribution in [2.24, 2.45) is 0 Å². The molecule has 5 rings (SSSR count). The van der Waals surface area contributed by atoms with Crippen LogP contribution in [0.15, 0.2) is 54.6 Å². The van der Waals surface area contributed by atoms with Gasteiger partial charge in [0.25, 0.3) is 5.91 Å². The summed E-state index contributed by atoms with van der Waals surface area (Å²) < 4.78 is 10.7. The fourth-order valence-electron chi connectivity index (χ4n) is 3.85. The van der Waals surface area contributed by atoms with Crippen molar-refractivity contribution in [3.63, 3.8) is 0 Å². The summed E-state index contributed by atoms with van der Waals surface area (Å²) in [6, 6.07) is 17.6. The smallest absolute Gasteiger partial charge is 0.251 e. The number of aromatic amines is 1. The Labute approximate surface area is 168 Å². The second-order valence-corrected chi connectivity index (χ2v) is 7.33. The molecule has 1 fully saturated rings. The Bertz CT molecular complexity index is 1020. The van der Waals surface area contributed by atoms with Crippen molar-refractivity contribution in [3.8, 4) is 22.8 Å². The van der Waals surface area contributed by atoms with E-state index in [9.17, 15) is 4.79 Å². The van der Waals surface area contributed by atoms with Crippen LogP contribution in [-0.2, 0) is 0 Å². The number of amides is 1. The highest BCUT2D eigenvalue weighted by Crippen LogP contribution is 2.32. The van der Waals surface area contributed by atoms with Gasteiger partial charge in [-0.1, -0.05) is 30.3 Å². The first kappa shape index (κ1) is 17.6. The summed E-state index contributed by atoms with van der Waals surface area (Å²) in [5, 5.41) is 10.8. The Kier molecular flexibility index (Phi) is 4.56. The van der Waals surface area contributed by atoms with Gasteiger partial charge in [-0.2, -0.15) is 5.10 Å². The van der Waals surface area contributed by atoms with Crippen LogP contribution in [0.3, 0.4) is 0 Å². The number of piperidine rings is 1. The molecule has 2 N–H and O–H groups in total. The van der Waals surface area contributed by atoms with Gasteiger partial charge in [0, 0.05) is 30.8 Å². The largest absolute Gasteiger partial charge is 0.454 e. The number of hydrogen-bond donors (Lipinski definition) is 2. The molecule has 7 nitrogen and oxygen atoms in total. The highest BCUT2D eigenvalue weighted by Gasteiger charge is 2.24. The number of aromatic nitrogens is 2. The van der Waals surface area contributed by atoms with Crippen LogP contribution in [0.5, 0.6) is 11.5 Å². The maximum absolute atomic E-state index is 12.7. The molecule has 0 bridgehead atoms. The standard InChI is InChI=1S/C22H22N4O3/c27-22(16-8-9-19-20(11-16)29-14-28-19)23-17-7-4-10-26(13-17)21-12-18(24-25-21)15-5-2-1-3-6-15/h1-3,5-6,8-9,11-12,17H,4,7,10,13-14H2,(H,23,27)(H,24,25)/t17-/m0/s1. The zero-order valence-corrected chi connectivity index (χ0v) is 15.9. The first-order valence-electron chi connectivity index (χ1n) is 9.82. The first-order valence-corrected chi connectivity index (χ1v) is 9.82. The number of nitrogens with zero attached hydrogens (tertiary/aromatic N) is 2. The third-order valence-corrected chi connectivity index (χ3v) is 5.36. The number of carbonyl (C=O) groups excluding carboxylic acids is 1. The fraction of sp³-hybridized carbons (Fsp3) is 0.273. The molecule has 1 atom stereocenters. The molecule has 2 aliphatic heterocycles. The summed E-state index contributed by atoms with van der Waals surface area (Å²) in [5.41, 5.74) is 2.68. The summed E-state index contributed by atoms with van der Waals surface area (Å²) in [7, 11) is 0. The topological polar surface area (TPSA) is 79.5 Å². The molecular formula is C22H22N4O3. The molecule has 7 heteroatoms. The summed E-state index contributed by atoms with van der Waals surface area (Å²) in [4.78, 5) is 14.9. The van der Waals surface area contributed by atoms with E-state index in [-0.39, 0.29) is 18.7 Å². The van der Waals surface area contributed by atoms with E-state index in [0.29, 0.717) is 17.1 Å². The van der Waals surface area contributed by atoms with E-state index in [4.69, 9.17) is 9.47 Å². The second kappa shape index (κ2) is 7.50. The van der Waals surface area contributed by atoms with Gasteiger partial charge in [0.05, 0.1) is 5.69 Å². The lowest BCUT2D eigenvalue weighted by Crippen LogP contribution is -2.48. The molecule has 1 amide bonds. The molecule has 0 spiro atoms. The molecule has 1 saturated heterocycles. The van der Waals surface area contributed by atoms with Gasteiger partial charge >= 0.3 is 0 Å². The molecule has 148 valence electrons. The van der Waals surface area contributed by atoms with Crippen molar-refractivity contribution in [3.05, 3.63) is 60.2 Å². The van der Waals surface area contributed by atoms with Crippen LogP contribution < -0.4 is 19.7 Å². The molecule has 2 aliphatic rings. The van der Waals surface area contributed by atoms with Gasteiger partial charge in [-0.15, -0.1) is 0 Å². The number of fused-ring (bicyclic) bond motifs is 1. The third kappa shape index (κ3) is 3.63. The Morgan fingerprint density at radius 3 is 2.86 bits per heavy atom. The summed E-state index contributed by atoms with van der Waals surface area (Å²) in [6.45, 7) is 1.86. The Morgan fingerprint density at radius 1 is 1.10 bits per heavy atom. The van der Waals surface area contributed by atoms with Crippen LogP contribution in [0.2, 0.25) is 0 Å². The lowest BCUT2D eigenvalue weighted by atomic mass is 10.0. The minimum atomic E-state index is -0.0952. The van der Waals surface area contributed by atoms with Gasteiger partial charge < -0.3 is 19.7 Å². The Hall–Kier alpha value is -3.48. The molecule has 0 unspecified atom stereocenters. The van der Waals surface area contributed by atoms with Gasteiger partial charge in [0.2, 0.25) is 6.79 Å². The van der Waals surface area contributed by atoms with Crippen LogP contribution >= 0.6 is 0 Å². The second-order valence-electron chi connectivity index (χ2n) is 7.33. The lowest BCUT2D eigenvalue weighted by molar-refractivity contribution is 0.0932. The quantitative estimate of drug-likeness (QED) is 0.715. The van der Waals surface area contributed by atoms with E-state index in [1.807, 2.05) is 18.2 Å². The summed E-state index contributed by atoms with van der Waals surface area (Å²) >= 11 is 0.